The second-order valence-electron chi connectivity index (χ2n) is 8.29. The van der Waals surface area contributed by atoms with Crippen LogP contribution in [0.4, 0.5) is 11.4 Å². The van der Waals surface area contributed by atoms with Crippen LogP contribution in [0.15, 0.2) is 89.5 Å². The number of rotatable bonds is 9. The fourth-order valence-corrected chi connectivity index (χ4v) is 3.73. The molecule has 0 radical (unpaired) electrons. The number of hydrogen-bond acceptors (Lipinski definition) is 6. The first-order valence-corrected chi connectivity index (χ1v) is 11.5. The van der Waals surface area contributed by atoms with Crippen molar-refractivity contribution in [3.8, 4) is 11.3 Å². The van der Waals surface area contributed by atoms with Crippen LogP contribution in [0, 0.1) is 6.92 Å². The van der Waals surface area contributed by atoms with Gasteiger partial charge in [-0.3, -0.25) is 9.59 Å². The number of amides is 1. The molecule has 4 rings (SSSR count). The Kier molecular flexibility index (Phi) is 7.72. The summed E-state index contributed by atoms with van der Waals surface area (Å²) in [6.45, 7) is 2.34. The lowest BCUT2D eigenvalue weighted by atomic mass is 10.1. The van der Waals surface area contributed by atoms with Gasteiger partial charge in [0.25, 0.3) is 5.91 Å². The molecule has 1 heterocycles. The number of ketones is 1. The van der Waals surface area contributed by atoms with E-state index in [9.17, 15) is 9.59 Å². The smallest absolute Gasteiger partial charge is 0.261 e. The van der Waals surface area contributed by atoms with E-state index >= 15 is 0 Å². The van der Waals surface area contributed by atoms with Crippen molar-refractivity contribution >= 4 is 29.1 Å². The molecule has 1 amide bonds. The zero-order chi connectivity index (χ0) is 25.5. The molecule has 0 unspecified atom stereocenters. The van der Waals surface area contributed by atoms with E-state index in [1.54, 1.807) is 37.3 Å². The Morgan fingerprint density at radius 3 is 2.36 bits per heavy atom. The number of allylic oxidation sites excluding steroid dienone is 1. The summed E-state index contributed by atoms with van der Waals surface area (Å²) < 4.78 is 5.28. The molecule has 1 aromatic heterocycles. The number of likely N-dealkylation sites (N-methyl/N-ethyl adjacent to an activating group) is 1. The van der Waals surface area contributed by atoms with E-state index in [2.05, 4.69) is 10.5 Å². The standard InChI is InChI=1S/C29H27N3O4/c1-20-27(28(31-36-20)23-6-4-3-5-7-23)29(35)30-24-13-11-22(12-14-24)26(34)17-10-21-8-15-25(16-9-21)32(2)18-19-33/h3-17,33H,18-19H2,1-2H3,(H,30,35)/b17-10+. The largest absolute Gasteiger partial charge is 0.395 e. The zero-order valence-corrected chi connectivity index (χ0v) is 20.1. The van der Waals surface area contributed by atoms with Crippen molar-refractivity contribution in [1.82, 2.24) is 5.16 Å². The van der Waals surface area contributed by atoms with Gasteiger partial charge in [-0.2, -0.15) is 0 Å². The number of aliphatic hydroxyl groups excluding tert-OH is 1. The number of carbonyl (C=O) groups excluding carboxylic acids is 2. The van der Waals surface area contributed by atoms with Crippen molar-refractivity contribution in [2.24, 2.45) is 0 Å². The highest BCUT2D eigenvalue weighted by Gasteiger charge is 2.21. The third-order valence-corrected chi connectivity index (χ3v) is 5.76. The first-order chi connectivity index (χ1) is 17.5. The Balaban J connectivity index is 1.41. The molecule has 3 aromatic carbocycles. The van der Waals surface area contributed by atoms with Crippen LogP contribution in [0.2, 0.25) is 0 Å². The molecular formula is C29H27N3O4. The number of aryl methyl sites for hydroxylation is 1. The second-order valence-corrected chi connectivity index (χ2v) is 8.29. The SMILES string of the molecule is Cc1onc(-c2ccccc2)c1C(=O)Nc1ccc(C(=O)/C=C/c2ccc(N(C)CCO)cc2)cc1. The normalized spacial score (nSPS) is 11.0. The first-order valence-electron chi connectivity index (χ1n) is 11.5. The molecule has 0 spiro atoms. The maximum atomic E-state index is 13.0. The summed E-state index contributed by atoms with van der Waals surface area (Å²) >= 11 is 0. The molecule has 36 heavy (non-hydrogen) atoms. The minimum absolute atomic E-state index is 0.0873. The summed E-state index contributed by atoms with van der Waals surface area (Å²) in [5, 5.41) is 16.0. The number of anilines is 2. The summed E-state index contributed by atoms with van der Waals surface area (Å²) in [4.78, 5) is 27.5. The highest BCUT2D eigenvalue weighted by atomic mass is 16.5. The van der Waals surface area contributed by atoms with Gasteiger partial charge >= 0.3 is 0 Å². The van der Waals surface area contributed by atoms with Crippen LogP contribution in [-0.4, -0.2) is 42.2 Å². The van der Waals surface area contributed by atoms with Crippen LogP contribution in [0.3, 0.4) is 0 Å². The monoisotopic (exact) mass is 481 g/mol. The topological polar surface area (TPSA) is 95.7 Å². The molecule has 0 saturated carbocycles. The van der Waals surface area contributed by atoms with Crippen LogP contribution in [0.1, 0.15) is 32.0 Å². The molecule has 4 aromatic rings. The minimum Gasteiger partial charge on any atom is -0.395 e. The highest BCUT2D eigenvalue weighted by molar-refractivity contribution is 6.10. The maximum Gasteiger partial charge on any atom is 0.261 e. The Bertz CT molecular complexity index is 1360. The van der Waals surface area contributed by atoms with Crippen molar-refractivity contribution in [1.29, 1.82) is 0 Å². The van der Waals surface area contributed by atoms with Crippen LogP contribution < -0.4 is 10.2 Å². The number of nitrogens with zero attached hydrogens (tertiary/aromatic N) is 2. The summed E-state index contributed by atoms with van der Waals surface area (Å²) in [6, 6.07) is 23.8. The van der Waals surface area contributed by atoms with Crippen LogP contribution in [-0.2, 0) is 0 Å². The van der Waals surface area contributed by atoms with Crippen molar-refractivity contribution in [2.45, 2.75) is 6.92 Å². The molecule has 182 valence electrons. The molecule has 0 saturated heterocycles. The van der Waals surface area contributed by atoms with Gasteiger partial charge < -0.3 is 19.8 Å². The lowest BCUT2D eigenvalue weighted by molar-refractivity contribution is 0.102. The summed E-state index contributed by atoms with van der Waals surface area (Å²) in [7, 11) is 1.91. The third-order valence-electron chi connectivity index (χ3n) is 5.76. The molecule has 0 aliphatic carbocycles. The Morgan fingerprint density at radius 1 is 1.00 bits per heavy atom. The number of benzene rings is 3. The van der Waals surface area contributed by atoms with Gasteiger partial charge in [-0.05, 0) is 55.0 Å². The van der Waals surface area contributed by atoms with E-state index in [1.165, 1.54) is 6.08 Å². The number of aromatic nitrogens is 1. The van der Waals surface area contributed by atoms with Gasteiger partial charge in [-0.25, -0.2) is 0 Å². The lowest BCUT2D eigenvalue weighted by Gasteiger charge is -2.17. The predicted octanol–water partition coefficient (Wildman–Crippen LogP) is 5.23. The van der Waals surface area contributed by atoms with E-state index < -0.39 is 0 Å². The maximum absolute atomic E-state index is 13.0. The number of hydrogen-bond donors (Lipinski definition) is 2. The Morgan fingerprint density at radius 2 is 1.69 bits per heavy atom. The van der Waals surface area contributed by atoms with Gasteiger partial charge in [0.2, 0.25) is 0 Å². The average Bonchev–Trinajstić information content (AvgIpc) is 3.30. The van der Waals surface area contributed by atoms with Crippen molar-refractivity contribution < 1.29 is 19.2 Å². The van der Waals surface area contributed by atoms with E-state index in [-0.39, 0.29) is 18.3 Å². The molecule has 0 aliphatic rings. The molecule has 0 fully saturated rings. The molecular weight excluding hydrogens is 454 g/mol. The number of nitrogens with one attached hydrogen (secondary N) is 1. The van der Waals surface area contributed by atoms with Gasteiger partial charge in [0.05, 0.1) is 6.61 Å². The highest BCUT2D eigenvalue weighted by Crippen LogP contribution is 2.26. The Hall–Kier alpha value is -4.49. The molecule has 7 nitrogen and oxygen atoms in total. The van der Waals surface area contributed by atoms with Gasteiger partial charge in [0.15, 0.2) is 5.78 Å². The van der Waals surface area contributed by atoms with Crippen LogP contribution in [0.5, 0.6) is 0 Å². The van der Waals surface area contributed by atoms with E-state index in [4.69, 9.17) is 9.63 Å². The Labute approximate surface area is 209 Å². The van der Waals surface area contributed by atoms with Crippen molar-refractivity contribution in [3.63, 3.8) is 0 Å². The van der Waals surface area contributed by atoms with Crippen molar-refractivity contribution in [2.75, 3.05) is 30.4 Å². The number of carbonyl (C=O) groups is 2. The van der Waals surface area contributed by atoms with E-state index in [0.717, 1.165) is 16.8 Å². The first kappa shape index (κ1) is 24.6. The number of aliphatic hydroxyl groups is 1. The van der Waals surface area contributed by atoms with Crippen LogP contribution >= 0.6 is 0 Å². The summed E-state index contributed by atoms with van der Waals surface area (Å²) in [6.07, 6.45) is 3.28. The average molecular weight is 482 g/mol. The quantitative estimate of drug-likeness (QED) is 0.251. The lowest BCUT2D eigenvalue weighted by Crippen LogP contribution is -2.20. The predicted molar refractivity (Wildman–Crippen MR) is 141 cm³/mol. The fraction of sp³-hybridized carbons (Fsp3) is 0.138. The van der Waals surface area contributed by atoms with Gasteiger partial charge in [0, 0.05) is 36.1 Å². The summed E-state index contributed by atoms with van der Waals surface area (Å²) in [5.41, 5.74) is 4.60. The summed E-state index contributed by atoms with van der Waals surface area (Å²) in [5.74, 6) is -0.0494. The van der Waals surface area contributed by atoms with Gasteiger partial charge in [-0.1, -0.05) is 53.7 Å². The minimum atomic E-state index is -0.334. The molecule has 2 N–H and O–H groups in total. The van der Waals surface area contributed by atoms with Crippen LogP contribution in [0.25, 0.3) is 17.3 Å². The fourth-order valence-electron chi connectivity index (χ4n) is 3.73. The molecule has 0 atom stereocenters. The zero-order valence-electron chi connectivity index (χ0n) is 20.1. The molecule has 0 aliphatic heterocycles. The van der Waals surface area contributed by atoms with E-state index in [0.29, 0.717) is 34.8 Å². The van der Waals surface area contributed by atoms with Gasteiger partial charge in [0.1, 0.15) is 17.0 Å². The third kappa shape index (κ3) is 5.76. The van der Waals surface area contributed by atoms with Crippen molar-refractivity contribution in [3.05, 3.63) is 107 Å². The van der Waals surface area contributed by atoms with Gasteiger partial charge in [-0.15, -0.1) is 0 Å². The second kappa shape index (κ2) is 11.3. The molecule has 0 bridgehead atoms. The van der Waals surface area contributed by atoms with E-state index in [1.807, 2.05) is 66.5 Å². The molecule has 7 heteroatoms.